The number of aromatic hydroxyl groups is 1. The lowest BCUT2D eigenvalue weighted by Gasteiger charge is -2.26. The molecule has 39 heavy (non-hydrogen) atoms. The van der Waals surface area contributed by atoms with Gasteiger partial charge in [0.15, 0.2) is 4.80 Å². The van der Waals surface area contributed by atoms with Gasteiger partial charge in [-0.15, -0.1) is 0 Å². The Morgan fingerprint density at radius 2 is 1.95 bits per heavy atom. The number of nitrogens with zero attached hydrogens (tertiary/aromatic N) is 2. The van der Waals surface area contributed by atoms with Gasteiger partial charge in [-0.05, 0) is 86.9 Å². The van der Waals surface area contributed by atoms with Crippen molar-refractivity contribution in [1.82, 2.24) is 4.57 Å². The van der Waals surface area contributed by atoms with Crippen LogP contribution in [0, 0.1) is 3.57 Å². The Kier molecular flexibility index (Phi) is 8.06. The monoisotopic (exact) mass is 716 g/mol. The third-order valence-corrected chi connectivity index (χ3v) is 8.53. The van der Waals surface area contributed by atoms with Crippen molar-refractivity contribution in [3.8, 4) is 11.5 Å². The van der Waals surface area contributed by atoms with Crippen LogP contribution in [0.1, 0.15) is 29.7 Å². The van der Waals surface area contributed by atoms with Crippen LogP contribution in [0.25, 0.3) is 11.8 Å². The van der Waals surface area contributed by atoms with Crippen molar-refractivity contribution in [1.29, 1.82) is 0 Å². The summed E-state index contributed by atoms with van der Waals surface area (Å²) in [7, 11) is 1.57. The lowest BCUT2D eigenvalue weighted by Crippen LogP contribution is -2.40. The first-order valence-corrected chi connectivity index (χ1v) is 14.6. The van der Waals surface area contributed by atoms with Gasteiger partial charge in [-0.2, -0.15) is 0 Å². The number of thiazole rings is 1. The minimum absolute atomic E-state index is 0.138. The molecule has 10 heteroatoms. The second kappa shape index (κ2) is 11.5. The number of carbonyl (C=O) groups is 1. The van der Waals surface area contributed by atoms with E-state index < -0.39 is 12.0 Å². The van der Waals surface area contributed by atoms with Crippen LogP contribution in [-0.2, 0) is 9.53 Å². The molecule has 1 aliphatic heterocycles. The van der Waals surface area contributed by atoms with Crippen LogP contribution in [0.5, 0.6) is 11.5 Å². The number of hydrogen-bond donors (Lipinski definition) is 1. The van der Waals surface area contributed by atoms with Gasteiger partial charge in [-0.25, -0.2) is 9.79 Å². The summed E-state index contributed by atoms with van der Waals surface area (Å²) in [6, 6.07) is 19.4. The summed E-state index contributed by atoms with van der Waals surface area (Å²) < 4.78 is 14.1. The molecule has 1 aliphatic rings. The van der Waals surface area contributed by atoms with E-state index in [0.29, 0.717) is 34.4 Å². The highest BCUT2D eigenvalue weighted by Gasteiger charge is 2.35. The van der Waals surface area contributed by atoms with Crippen molar-refractivity contribution in [3.63, 3.8) is 0 Å². The molecule has 0 bridgehead atoms. The minimum Gasteiger partial charge on any atom is -0.506 e. The van der Waals surface area contributed by atoms with Gasteiger partial charge in [0.05, 0.1) is 43.6 Å². The maximum Gasteiger partial charge on any atom is 0.338 e. The number of phenolic OH excluding ortho intramolecular Hbond substituents is 1. The van der Waals surface area contributed by atoms with Crippen molar-refractivity contribution in [3.05, 3.63) is 117 Å². The van der Waals surface area contributed by atoms with Crippen LogP contribution in [-0.4, -0.2) is 29.4 Å². The Bertz CT molecular complexity index is 1770. The molecule has 0 fully saturated rings. The zero-order chi connectivity index (χ0) is 27.7. The largest absolute Gasteiger partial charge is 0.506 e. The third kappa shape index (κ3) is 5.32. The number of esters is 1. The van der Waals surface area contributed by atoms with Crippen molar-refractivity contribution in [2.45, 2.75) is 13.0 Å². The predicted molar refractivity (Wildman–Crippen MR) is 163 cm³/mol. The fourth-order valence-electron chi connectivity index (χ4n) is 4.39. The molecule has 1 atom stereocenters. The first-order valence-electron chi connectivity index (χ1n) is 11.9. The maximum absolute atomic E-state index is 14.0. The number of ether oxygens (including phenoxy) is 2. The Labute approximate surface area is 250 Å². The highest BCUT2D eigenvalue weighted by Crippen LogP contribution is 2.36. The second-order valence-electron chi connectivity index (χ2n) is 8.54. The van der Waals surface area contributed by atoms with Crippen LogP contribution in [0.4, 0.5) is 0 Å². The van der Waals surface area contributed by atoms with Gasteiger partial charge in [0.1, 0.15) is 11.5 Å². The average Bonchev–Trinajstić information content (AvgIpc) is 3.25. The summed E-state index contributed by atoms with van der Waals surface area (Å²) in [6.45, 7) is 1.92. The number of hydrogen-bond acceptors (Lipinski definition) is 7. The van der Waals surface area contributed by atoms with E-state index in [-0.39, 0.29) is 23.5 Å². The fourth-order valence-corrected chi connectivity index (χ4v) is 6.89. The molecule has 198 valence electrons. The molecule has 1 aromatic heterocycles. The molecule has 5 rings (SSSR count). The minimum atomic E-state index is -0.792. The van der Waals surface area contributed by atoms with Crippen LogP contribution in [0.15, 0.2) is 86.6 Å². The van der Waals surface area contributed by atoms with E-state index in [1.165, 1.54) is 11.3 Å². The fraction of sp³-hybridized carbons (Fsp3) is 0.138. The van der Waals surface area contributed by atoms with Gasteiger partial charge in [0, 0.05) is 5.56 Å². The number of methoxy groups -OCH3 is 1. The Morgan fingerprint density at radius 3 is 2.64 bits per heavy atom. The number of halogens is 2. The first-order chi connectivity index (χ1) is 18.8. The normalized spacial score (nSPS) is 15.1. The molecule has 0 aliphatic carbocycles. The van der Waals surface area contributed by atoms with Crippen molar-refractivity contribution < 1.29 is 19.4 Å². The smallest absolute Gasteiger partial charge is 0.338 e. The lowest BCUT2D eigenvalue weighted by atomic mass is 9.93. The lowest BCUT2D eigenvalue weighted by molar-refractivity contribution is -0.138. The Morgan fingerprint density at radius 1 is 1.18 bits per heavy atom. The maximum atomic E-state index is 14.0. The molecule has 0 saturated carbocycles. The summed E-state index contributed by atoms with van der Waals surface area (Å²) in [5, 5.41) is 10.1. The molecule has 0 spiro atoms. The van der Waals surface area contributed by atoms with Gasteiger partial charge >= 0.3 is 5.97 Å². The van der Waals surface area contributed by atoms with E-state index in [9.17, 15) is 14.7 Å². The first kappa shape index (κ1) is 27.4. The van der Waals surface area contributed by atoms with Crippen LogP contribution < -0.4 is 19.6 Å². The van der Waals surface area contributed by atoms with Crippen LogP contribution in [0.3, 0.4) is 0 Å². The highest BCUT2D eigenvalue weighted by molar-refractivity contribution is 14.1. The molecule has 0 saturated heterocycles. The van der Waals surface area contributed by atoms with E-state index in [1.54, 1.807) is 36.8 Å². The van der Waals surface area contributed by atoms with Crippen molar-refractivity contribution >= 4 is 67.6 Å². The summed E-state index contributed by atoms with van der Waals surface area (Å²) in [6.07, 6.45) is 1.76. The molecule has 2 heterocycles. The van der Waals surface area contributed by atoms with Crippen molar-refractivity contribution in [2.24, 2.45) is 4.99 Å². The quantitative estimate of drug-likeness (QED) is 0.224. The van der Waals surface area contributed by atoms with Gasteiger partial charge in [-0.3, -0.25) is 9.36 Å². The van der Waals surface area contributed by atoms with E-state index in [1.807, 2.05) is 77.2 Å². The topological polar surface area (TPSA) is 90.1 Å². The zero-order valence-electron chi connectivity index (χ0n) is 20.9. The SMILES string of the molecule is CCOC(=O)C1=C(c2ccccc2)N=c2s/c(=C\c3cc(Br)c(O)c(I)c3)c(=O)n2[C@@H]1c1cccc(OC)c1. The highest BCUT2D eigenvalue weighted by atomic mass is 127. The van der Waals surface area contributed by atoms with Gasteiger partial charge < -0.3 is 14.6 Å². The number of rotatable bonds is 6. The van der Waals surface area contributed by atoms with Gasteiger partial charge in [0.25, 0.3) is 5.56 Å². The Balaban J connectivity index is 1.84. The number of aromatic nitrogens is 1. The Hall–Kier alpha value is -3.22. The van der Waals surface area contributed by atoms with Crippen molar-refractivity contribution in [2.75, 3.05) is 13.7 Å². The van der Waals surface area contributed by atoms with E-state index in [4.69, 9.17) is 14.5 Å². The number of benzene rings is 3. The average molecular weight is 717 g/mol. The number of fused-ring (bicyclic) bond motifs is 1. The molecular formula is C29H22BrIN2O5S. The van der Waals surface area contributed by atoms with Gasteiger partial charge in [0.2, 0.25) is 0 Å². The van der Waals surface area contributed by atoms with Crippen LogP contribution in [0.2, 0.25) is 0 Å². The standard InChI is InChI=1S/C29H22BrIN2O5S/c1-3-38-28(36)23-24(17-8-5-4-6-9-17)32-29-33(25(23)18-10-7-11-19(15-18)37-2)27(35)22(39-29)14-16-12-20(30)26(34)21(31)13-16/h4-15,25,34H,3H2,1-2H3/b22-14-/t25-/m1/s1. The predicted octanol–water partition coefficient (Wildman–Crippen LogP) is 5.02. The molecule has 0 radical (unpaired) electrons. The summed E-state index contributed by atoms with van der Waals surface area (Å²) in [5.74, 6) is 0.192. The molecule has 4 aromatic rings. The summed E-state index contributed by atoms with van der Waals surface area (Å²) >= 11 is 6.65. The number of carbonyl (C=O) groups excluding carboxylic acids is 1. The van der Waals surface area contributed by atoms with E-state index in [0.717, 1.165) is 11.1 Å². The zero-order valence-corrected chi connectivity index (χ0v) is 25.4. The summed E-state index contributed by atoms with van der Waals surface area (Å²) in [5.41, 5.74) is 2.60. The van der Waals surface area contributed by atoms with E-state index >= 15 is 0 Å². The van der Waals surface area contributed by atoms with Gasteiger partial charge in [-0.1, -0.05) is 53.8 Å². The number of phenols is 1. The summed E-state index contributed by atoms with van der Waals surface area (Å²) in [4.78, 5) is 32.8. The molecule has 1 N–H and O–H groups in total. The molecular weight excluding hydrogens is 695 g/mol. The molecule has 0 amide bonds. The van der Waals surface area contributed by atoms with Crippen LogP contribution >= 0.6 is 49.9 Å². The third-order valence-electron chi connectivity index (χ3n) is 6.12. The molecule has 0 unspecified atom stereocenters. The van der Waals surface area contributed by atoms with E-state index in [2.05, 4.69) is 15.9 Å². The molecule has 7 nitrogen and oxygen atoms in total. The second-order valence-corrected chi connectivity index (χ2v) is 11.6. The molecule has 3 aromatic carbocycles.